The van der Waals surface area contributed by atoms with Crippen molar-refractivity contribution in [3.63, 3.8) is 0 Å². The molecule has 0 aliphatic carbocycles. The van der Waals surface area contributed by atoms with E-state index in [1.807, 2.05) is 62.3 Å². The Labute approximate surface area is 381 Å². The summed E-state index contributed by atoms with van der Waals surface area (Å²) in [5.41, 5.74) is 2.36. The van der Waals surface area contributed by atoms with Gasteiger partial charge in [-0.3, -0.25) is 4.18 Å². The maximum Gasteiger partial charge on any atom is 0.410 e. The summed E-state index contributed by atoms with van der Waals surface area (Å²) in [7, 11) is -3.58. The van der Waals surface area contributed by atoms with Gasteiger partial charge >= 0.3 is 12.2 Å². The summed E-state index contributed by atoms with van der Waals surface area (Å²) in [5.74, 6) is -0.995. The van der Waals surface area contributed by atoms with E-state index in [-0.39, 0.29) is 43.5 Å². The van der Waals surface area contributed by atoms with Crippen LogP contribution in [0.25, 0.3) is 9.69 Å². The average Bonchev–Trinajstić information content (AvgIpc) is 3.23. The lowest BCUT2D eigenvalue weighted by molar-refractivity contribution is 0.0230. The Kier molecular flexibility index (Phi) is 18.7. The summed E-state index contributed by atoms with van der Waals surface area (Å²) in [6, 6.07) is 14.5. The number of carbonyl (C=O) groups is 2. The third kappa shape index (κ3) is 17.3. The first-order chi connectivity index (χ1) is 30.6. The molecular weight excluding hydrogens is 866 g/mol. The molecule has 0 saturated carbocycles. The van der Waals surface area contributed by atoms with Crippen LogP contribution in [0.1, 0.15) is 58.2 Å². The zero-order valence-corrected chi connectivity index (χ0v) is 39.1. The molecule has 19 heteroatoms. The number of piperazine rings is 3. The Morgan fingerprint density at radius 1 is 0.600 bits per heavy atom. The van der Waals surface area contributed by atoms with Crippen LogP contribution in [0.3, 0.4) is 0 Å². The average molecular weight is 927 g/mol. The number of hydrogen-bond donors (Lipinski definition) is 1. The lowest BCUT2D eigenvalue weighted by Gasteiger charge is -2.36. The van der Waals surface area contributed by atoms with Gasteiger partial charge in [0.2, 0.25) is 13.1 Å². The second kappa shape index (κ2) is 23.4. The van der Waals surface area contributed by atoms with Crippen LogP contribution in [0.4, 0.5) is 39.8 Å². The van der Waals surface area contributed by atoms with E-state index in [1.165, 1.54) is 18.2 Å². The monoisotopic (exact) mass is 926 g/mol. The van der Waals surface area contributed by atoms with E-state index in [2.05, 4.69) is 19.2 Å². The highest BCUT2D eigenvalue weighted by atomic mass is 32.2. The van der Waals surface area contributed by atoms with Crippen molar-refractivity contribution < 1.29 is 44.8 Å². The molecule has 3 aliphatic heterocycles. The Morgan fingerprint density at radius 3 is 1.26 bits per heavy atom. The minimum Gasteiger partial charge on any atom is -0.444 e. The maximum absolute atomic E-state index is 14.4. The molecule has 15 nitrogen and oxygen atoms in total. The molecule has 0 unspecified atom stereocenters. The van der Waals surface area contributed by atoms with Gasteiger partial charge in [-0.25, -0.2) is 35.9 Å². The van der Waals surface area contributed by atoms with Crippen LogP contribution in [-0.2, 0) is 43.5 Å². The highest BCUT2D eigenvalue weighted by molar-refractivity contribution is 7.85. The molecule has 0 bridgehead atoms. The minimum absolute atomic E-state index is 0.184. The number of nitrogens with zero attached hydrogens (tertiary/aromatic N) is 7. The van der Waals surface area contributed by atoms with Crippen molar-refractivity contribution in [3.05, 3.63) is 112 Å². The third-order valence-electron chi connectivity index (χ3n) is 10.0. The van der Waals surface area contributed by atoms with E-state index in [0.717, 1.165) is 38.0 Å². The molecule has 0 spiro atoms. The molecule has 3 saturated heterocycles. The van der Waals surface area contributed by atoms with Crippen molar-refractivity contribution in [1.82, 2.24) is 15.1 Å². The number of amides is 2. The van der Waals surface area contributed by atoms with Gasteiger partial charge in [-0.2, -0.15) is 8.42 Å². The molecule has 1 N–H and O–H groups in total. The van der Waals surface area contributed by atoms with Crippen LogP contribution in [-0.4, -0.2) is 126 Å². The molecule has 354 valence electrons. The van der Waals surface area contributed by atoms with Crippen LogP contribution in [0, 0.1) is 30.6 Å². The van der Waals surface area contributed by atoms with Gasteiger partial charge in [0.05, 0.1) is 29.9 Å². The highest BCUT2D eigenvalue weighted by Gasteiger charge is 2.28. The topological polar surface area (TPSA) is 133 Å². The first-order valence-corrected chi connectivity index (χ1v) is 23.1. The number of carbonyl (C=O) groups excluding carboxylic acids is 2. The zero-order chi connectivity index (χ0) is 48.0. The fourth-order valence-electron chi connectivity index (χ4n) is 6.88. The first-order valence-electron chi connectivity index (χ1n) is 21.3. The van der Waals surface area contributed by atoms with Crippen molar-refractivity contribution in [2.45, 2.75) is 72.4 Å². The summed E-state index contributed by atoms with van der Waals surface area (Å²) >= 11 is 0. The molecule has 3 aliphatic rings. The van der Waals surface area contributed by atoms with Crippen LogP contribution < -0.4 is 20.0 Å². The fourth-order valence-corrected chi connectivity index (χ4v) is 7.23. The number of nitrogens with one attached hydrogen (secondary N) is 1. The Balaban J connectivity index is 0.000000219. The summed E-state index contributed by atoms with van der Waals surface area (Å²) in [5, 5.41) is 3.23. The van der Waals surface area contributed by atoms with Crippen LogP contribution in [0.2, 0.25) is 0 Å². The molecule has 3 aromatic rings. The predicted molar refractivity (Wildman–Crippen MR) is 245 cm³/mol. The third-order valence-corrected chi connectivity index (χ3v) is 10.5. The van der Waals surface area contributed by atoms with Gasteiger partial charge in [0.25, 0.3) is 10.1 Å². The lowest BCUT2D eigenvalue weighted by atomic mass is 10.1. The number of halogens is 3. The number of rotatable bonds is 8. The summed E-state index contributed by atoms with van der Waals surface area (Å²) in [4.78, 5) is 39.6. The smallest absolute Gasteiger partial charge is 0.410 e. The standard InChI is InChI=1S/C17H22FN3O2.C17H25FN2O5S.C12H14FN3/c1-17(2,3)23-16(22)21-9-7-20(8-10-21)15-6-5-13(12-19-4)11-14(15)18;1-17(2,3)25-16(21)20-9-7-19(8-10-20)15-6-5-13(11-14(15)18)12-24-26(4,22)23;1-14-9-10-2-3-12(11(13)8-10)16-6-4-15-5-7-16/h5-6,11H,7-10,12H2,1-3H3;5-6,11H,7-10,12H2,1-4H3;2-3,8,15H,4-7,9H2. The molecule has 3 fully saturated rings. The van der Waals surface area contributed by atoms with Crippen LogP contribution >= 0.6 is 0 Å². The minimum atomic E-state index is -3.58. The van der Waals surface area contributed by atoms with E-state index in [9.17, 15) is 31.2 Å². The van der Waals surface area contributed by atoms with Crippen LogP contribution in [0.5, 0.6) is 0 Å². The molecule has 65 heavy (non-hydrogen) atoms. The molecule has 0 atom stereocenters. The quantitative estimate of drug-likeness (QED) is 0.180. The number of ether oxygens (including phenoxy) is 2. The Morgan fingerprint density at radius 2 is 0.938 bits per heavy atom. The van der Waals surface area contributed by atoms with Gasteiger partial charge < -0.3 is 49.0 Å². The molecule has 3 heterocycles. The number of benzene rings is 3. The van der Waals surface area contributed by atoms with E-state index in [4.69, 9.17) is 22.6 Å². The van der Waals surface area contributed by atoms with Crippen molar-refractivity contribution in [3.8, 4) is 0 Å². The molecule has 0 radical (unpaired) electrons. The second-order valence-corrected chi connectivity index (χ2v) is 19.2. The normalized spacial score (nSPS) is 15.7. The van der Waals surface area contributed by atoms with E-state index >= 15 is 0 Å². The van der Waals surface area contributed by atoms with Gasteiger partial charge in [0.1, 0.15) is 28.7 Å². The first kappa shape index (κ1) is 51.9. The SMILES string of the molecule is CC(C)(C)OC(=O)N1CCN(c2ccc(COS(C)(=O)=O)cc2F)CC1.[C-]#[N+]Cc1ccc(N2CCN(C(=O)OC(C)(C)C)CC2)c(F)c1.[C-]#[N+]Cc1ccc(N2CCNCC2)c(F)c1. The van der Waals surface area contributed by atoms with Crippen molar-refractivity contribution in [2.75, 3.05) is 99.5 Å². The predicted octanol–water partition coefficient (Wildman–Crippen LogP) is 7.32. The van der Waals surface area contributed by atoms with Gasteiger partial charge in [-0.1, -0.05) is 6.07 Å². The van der Waals surface area contributed by atoms with E-state index in [1.54, 1.807) is 40.1 Å². The van der Waals surface area contributed by atoms with E-state index in [0.29, 0.717) is 80.5 Å². The van der Waals surface area contributed by atoms with Crippen molar-refractivity contribution in [1.29, 1.82) is 0 Å². The largest absolute Gasteiger partial charge is 0.444 e. The van der Waals surface area contributed by atoms with Gasteiger partial charge in [0, 0.05) is 89.7 Å². The molecule has 6 rings (SSSR count). The molecule has 2 amide bonds. The van der Waals surface area contributed by atoms with Gasteiger partial charge in [-0.05, 0) is 95.6 Å². The Hall–Kier alpha value is -5.76. The van der Waals surface area contributed by atoms with Gasteiger partial charge in [-0.15, -0.1) is 0 Å². The molecule has 3 aromatic carbocycles. The molecular formula is C46H61F3N8O7S. The second-order valence-electron chi connectivity index (χ2n) is 17.6. The van der Waals surface area contributed by atoms with Crippen molar-refractivity contribution in [2.24, 2.45) is 0 Å². The lowest BCUT2D eigenvalue weighted by Crippen LogP contribution is -2.50. The Bertz CT molecular complexity index is 2270. The zero-order valence-electron chi connectivity index (χ0n) is 38.3. The maximum atomic E-state index is 14.4. The highest BCUT2D eigenvalue weighted by Crippen LogP contribution is 2.26. The molecule has 0 aromatic heterocycles. The number of anilines is 3. The summed E-state index contributed by atoms with van der Waals surface area (Å²) < 4.78 is 79.7. The van der Waals surface area contributed by atoms with E-state index < -0.39 is 27.1 Å². The van der Waals surface area contributed by atoms with Gasteiger partial charge in [0.15, 0.2) is 0 Å². The van der Waals surface area contributed by atoms with Crippen molar-refractivity contribution >= 4 is 39.4 Å². The number of hydrogen-bond acceptors (Lipinski definition) is 11. The summed E-state index contributed by atoms with van der Waals surface area (Å²) in [6.45, 7) is 32.1. The van der Waals surface area contributed by atoms with Crippen LogP contribution in [0.15, 0.2) is 54.6 Å². The summed E-state index contributed by atoms with van der Waals surface area (Å²) in [6.07, 6.45) is 0.248. The fraction of sp³-hybridized carbons (Fsp3) is 0.522.